The van der Waals surface area contributed by atoms with E-state index < -0.39 is 0 Å². The molecule has 5 nitrogen and oxygen atoms in total. The number of piperazine rings is 1. The lowest BCUT2D eigenvalue weighted by Gasteiger charge is -2.34. The molecule has 0 spiro atoms. The Morgan fingerprint density at radius 3 is 2.25 bits per heavy atom. The summed E-state index contributed by atoms with van der Waals surface area (Å²) in [6.07, 6.45) is 2.02. The van der Waals surface area contributed by atoms with Crippen molar-refractivity contribution in [1.82, 2.24) is 9.80 Å². The topological polar surface area (TPSA) is 49.9 Å². The van der Waals surface area contributed by atoms with Crippen molar-refractivity contribution in [1.29, 1.82) is 0 Å². The molecule has 2 amide bonds. The molecule has 1 aliphatic heterocycles. The minimum absolute atomic E-state index is 0.0546. The van der Waals surface area contributed by atoms with Gasteiger partial charge < -0.3 is 14.5 Å². The van der Waals surface area contributed by atoms with E-state index in [0.29, 0.717) is 37.0 Å². The van der Waals surface area contributed by atoms with Gasteiger partial charge in [0.25, 0.3) is 5.91 Å². The first-order chi connectivity index (χ1) is 13.6. The van der Waals surface area contributed by atoms with Gasteiger partial charge >= 0.3 is 0 Å². The fourth-order valence-corrected chi connectivity index (χ4v) is 3.66. The number of halogens is 1. The van der Waals surface area contributed by atoms with Crippen LogP contribution in [0.5, 0.6) is 5.75 Å². The molecule has 0 radical (unpaired) electrons. The molecule has 2 aliphatic rings. The van der Waals surface area contributed by atoms with Crippen molar-refractivity contribution in [2.24, 2.45) is 5.92 Å². The summed E-state index contributed by atoms with van der Waals surface area (Å²) in [5.41, 5.74) is 2.08. The molecule has 0 aromatic heterocycles. The fourth-order valence-electron chi connectivity index (χ4n) is 3.42. The van der Waals surface area contributed by atoms with Crippen LogP contribution in [0.2, 0.25) is 5.02 Å². The minimum Gasteiger partial charge on any atom is -0.482 e. The fraction of sp³-hybridized carbons (Fsp3) is 0.364. The SMILES string of the molecule is O=C(COc1ccc(-c2ccccc2)cc1Cl)N1CCN(C(=O)C2CC2)CC1. The van der Waals surface area contributed by atoms with E-state index in [1.165, 1.54) is 0 Å². The zero-order valence-corrected chi connectivity index (χ0v) is 16.4. The second-order valence-electron chi connectivity index (χ2n) is 7.28. The van der Waals surface area contributed by atoms with Gasteiger partial charge in [-0.15, -0.1) is 0 Å². The Bertz CT molecular complexity index is 859. The lowest BCUT2D eigenvalue weighted by atomic mass is 10.1. The summed E-state index contributed by atoms with van der Waals surface area (Å²) in [4.78, 5) is 28.2. The van der Waals surface area contributed by atoms with Gasteiger partial charge in [0.2, 0.25) is 5.91 Å². The summed E-state index contributed by atoms with van der Waals surface area (Å²) < 4.78 is 5.66. The summed E-state index contributed by atoms with van der Waals surface area (Å²) in [6, 6.07) is 15.5. The molecule has 6 heteroatoms. The molecule has 2 fully saturated rings. The highest BCUT2D eigenvalue weighted by atomic mass is 35.5. The maximum Gasteiger partial charge on any atom is 0.260 e. The molecule has 1 aliphatic carbocycles. The molecule has 28 heavy (non-hydrogen) atoms. The maximum absolute atomic E-state index is 12.4. The van der Waals surface area contributed by atoms with Crippen molar-refractivity contribution in [2.45, 2.75) is 12.8 Å². The molecular weight excluding hydrogens is 376 g/mol. The first-order valence-corrected chi connectivity index (χ1v) is 10.0. The number of ether oxygens (including phenoxy) is 1. The normalized spacial score (nSPS) is 16.8. The minimum atomic E-state index is -0.0817. The molecule has 2 aromatic rings. The first-order valence-electron chi connectivity index (χ1n) is 9.66. The molecule has 4 rings (SSSR count). The van der Waals surface area contributed by atoms with E-state index in [9.17, 15) is 9.59 Å². The summed E-state index contributed by atoms with van der Waals surface area (Å²) in [6.45, 7) is 2.27. The molecule has 0 N–H and O–H groups in total. The Balaban J connectivity index is 1.29. The number of benzene rings is 2. The summed E-state index contributed by atoms with van der Waals surface area (Å²) >= 11 is 6.34. The average molecular weight is 399 g/mol. The van der Waals surface area contributed by atoms with Crippen LogP contribution in [0.3, 0.4) is 0 Å². The van der Waals surface area contributed by atoms with Crippen LogP contribution in [-0.4, -0.2) is 54.4 Å². The van der Waals surface area contributed by atoms with Crippen LogP contribution in [0.1, 0.15) is 12.8 Å². The number of hydrogen-bond donors (Lipinski definition) is 0. The zero-order chi connectivity index (χ0) is 19.5. The predicted octanol–water partition coefficient (Wildman–Crippen LogP) is 3.47. The number of carbonyl (C=O) groups is 2. The van der Waals surface area contributed by atoms with Crippen molar-refractivity contribution in [3.05, 3.63) is 53.6 Å². The third-order valence-corrected chi connectivity index (χ3v) is 5.56. The molecule has 2 aromatic carbocycles. The van der Waals surface area contributed by atoms with Gasteiger partial charge in [-0.3, -0.25) is 9.59 Å². The van der Waals surface area contributed by atoms with Gasteiger partial charge in [-0.25, -0.2) is 0 Å². The Hall–Kier alpha value is -2.53. The van der Waals surface area contributed by atoms with E-state index in [1.54, 1.807) is 11.0 Å². The predicted molar refractivity (Wildman–Crippen MR) is 108 cm³/mol. The zero-order valence-electron chi connectivity index (χ0n) is 15.6. The number of amides is 2. The lowest BCUT2D eigenvalue weighted by Crippen LogP contribution is -2.52. The molecule has 0 atom stereocenters. The van der Waals surface area contributed by atoms with E-state index in [0.717, 1.165) is 24.0 Å². The van der Waals surface area contributed by atoms with Crippen molar-refractivity contribution in [3.63, 3.8) is 0 Å². The lowest BCUT2D eigenvalue weighted by molar-refractivity contribution is -0.141. The smallest absolute Gasteiger partial charge is 0.260 e. The third kappa shape index (κ3) is 4.30. The van der Waals surface area contributed by atoms with Crippen LogP contribution in [0, 0.1) is 5.92 Å². The Labute approximate surface area is 169 Å². The van der Waals surface area contributed by atoms with Gasteiger partial charge in [-0.2, -0.15) is 0 Å². The van der Waals surface area contributed by atoms with Crippen LogP contribution < -0.4 is 4.74 Å². The van der Waals surface area contributed by atoms with E-state index in [1.807, 2.05) is 47.4 Å². The van der Waals surface area contributed by atoms with Crippen LogP contribution in [0.4, 0.5) is 0 Å². The van der Waals surface area contributed by atoms with Crippen molar-refractivity contribution in [3.8, 4) is 16.9 Å². The van der Waals surface area contributed by atoms with E-state index in [4.69, 9.17) is 16.3 Å². The van der Waals surface area contributed by atoms with E-state index in [2.05, 4.69) is 0 Å². The molecular formula is C22H23ClN2O3. The van der Waals surface area contributed by atoms with E-state index >= 15 is 0 Å². The molecule has 0 unspecified atom stereocenters. The number of nitrogens with zero attached hydrogens (tertiary/aromatic N) is 2. The van der Waals surface area contributed by atoms with Gasteiger partial charge in [-0.1, -0.05) is 48.0 Å². The highest BCUT2D eigenvalue weighted by molar-refractivity contribution is 6.32. The highest BCUT2D eigenvalue weighted by Crippen LogP contribution is 2.32. The third-order valence-electron chi connectivity index (χ3n) is 5.26. The van der Waals surface area contributed by atoms with Crippen LogP contribution in [-0.2, 0) is 9.59 Å². The molecule has 1 saturated heterocycles. The Morgan fingerprint density at radius 1 is 0.929 bits per heavy atom. The maximum atomic E-state index is 12.4. The van der Waals surface area contributed by atoms with Crippen LogP contribution in [0.25, 0.3) is 11.1 Å². The highest BCUT2D eigenvalue weighted by Gasteiger charge is 2.35. The number of carbonyl (C=O) groups excluding carboxylic acids is 2. The molecule has 1 saturated carbocycles. The quantitative estimate of drug-likeness (QED) is 0.774. The monoisotopic (exact) mass is 398 g/mol. The second-order valence-corrected chi connectivity index (χ2v) is 7.69. The van der Waals surface area contributed by atoms with Gasteiger partial charge in [0.05, 0.1) is 5.02 Å². The van der Waals surface area contributed by atoms with Crippen molar-refractivity contribution in [2.75, 3.05) is 32.8 Å². The number of hydrogen-bond acceptors (Lipinski definition) is 3. The molecule has 1 heterocycles. The largest absolute Gasteiger partial charge is 0.482 e. The standard InChI is InChI=1S/C22H23ClN2O3/c23-19-14-18(16-4-2-1-3-5-16)8-9-20(19)28-15-21(26)24-10-12-25(13-11-24)22(27)17-6-7-17/h1-5,8-9,14,17H,6-7,10-13,15H2. The van der Waals surface area contributed by atoms with E-state index in [-0.39, 0.29) is 24.3 Å². The molecule has 0 bridgehead atoms. The van der Waals surface area contributed by atoms with Gasteiger partial charge in [0.1, 0.15) is 5.75 Å². The Kier molecular flexibility index (Phi) is 5.53. The van der Waals surface area contributed by atoms with Gasteiger partial charge in [0, 0.05) is 32.1 Å². The summed E-state index contributed by atoms with van der Waals surface area (Å²) in [5.74, 6) is 0.888. The van der Waals surface area contributed by atoms with Crippen LogP contribution in [0.15, 0.2) is 48.5 Å². The van der Waals surface area contributed by atoms with Gasteiger partial charge in [-0.05, 0) is 36.1 Å². The summed E-state index contributed by atoms with van der Waals surface area (Å²) in [5, 5.41) is 0.481. The van der Waals surface area contributed by atoms with Gasteiger partial charge in [0.15, 0.2) is 6.61 Å². The first kappa shape index (κ1) is 18.8. The number of rotatable bonds is 5. The van der Waals surface area contributed by atoms with Crippen molar-refractivity contribution >= 4 is 23.4 Å². The Morgan fingerprint density at radius 2 is 1.61 bits per heavy atom. The van der Waals surface area contributed by atoms with Crippen LogP contribution >= 0.6 is 11.6 Å². The average Bonchev–Trinajstić information content (AvgIpc) is 3.58. The molecule has 146 valence electrons. The van der Waals surface area contributed by atoms with Crippen molar-refractivity contribution < 1.29 is 14.3 Å². The second kappa shape index (κ2) is 8.23. The summed E-state index contributed by atoms with van der Waals surface area (Å²) in [7, 11) is 0.